The van der Waals surface area contributed by atoms with E-state index in [2.05, 4.69) is 4.98 Å². The van der Waals surface area contributed by atoms with Gasteiger partial charge in [0.1, 0.15) is 5.75 Å². The van der Waals surface area contributed by atoms with Crippen molar-refractivity contribution >= 4 is 5.97 Å². The summed E-state index contributed by atoms with van der Waals surface area (Å²) < 4.78 is 5.91. The van der Waals surface area contributed by atoms with Gasteiger partial charge in [-0.05, 0) is 37.7 Å². The molecular weight excluding hydrogens is 320 g/mol. The zero-order valence-corrected chi connectivity index (χ0v) is 15.3. The maximum atomic E-state index is 11.7. The van der Waals surface area contributed by atoms with E-state index in [0.29, 0.717) is 17.9 Å². The summed E-state index contributed by atoms with van der Waals surface area (Å²) in [6.45, 7) is 5.91. The fourth-order valence-corrected chi connectivity index (χ4v) is 3.07. The van der Waals surface area contributed by atoms with Gasteiger partial charge in [-0.3, -0.25) is 4.98 Å². The van der Waals surface area contributed by atoms with Crippen molar-refractivity contribution in [3.63, 3.8) is 0 Å². The van der Waals surface area contributed by atoms with Crippen LogP contribution in [0.4, 0.5) is 0 Å². The molecule has 2 rings (SSSR count). The largest absolute Gasteiger partial charge is 0.491 e. The van der Waals surface area contributed by atoms with Gasteiger partial charge in [0.15, 0.2) is 5.60 Å². The molecule has 140 valence electrons. The van der Waals surface area contributed by atoms with E-state index in [-0.39, 0.29) is 18.4 Å². The molecule has 1 aromatic rings. The Hall–Kier alpha value is -1.66. The summed E-state index contributed by atoms with van der Waals surface area (Å²) in [5.41, 5.74) is 4.41. The fourth-order valence-electron chi connectivity index (χ4n) is 3.07. The quantitative estimate of drug-likeness (QED) is 0.598. The zero-order chi connectivity index (χ0) is 18.6. The van der Waals surface area contributed by atoms with Gasteiger partial charge < -0.3 is 20.7 Å². The Morgan fingerprint density at radius 3 is 2.68 bits per heavy atom. The summed E-state index contributed by atoms with van der Waals surface area (Å²) in [6, 6.07) is 2.57. The van der Waals surface area contributed by atoms with E-state index in [1.165, 1.54) is 12.8 Å². The third-order valence-corrected chi connectivity index (χ3v) is 4.65. The van der Waals surface area contributed by atoms with Gasteiger partial charge in [-0.15, -0.1) is 0 Å². The van der Waals surface area contributed by atoms with Crippen molar-refractivity contribution in [1.29, 1.82) is 0 Å². The average Bonchev–Trinajstić information content (AvgIpc) is 3.30. The molecule has 0 saturated heterocycles. The molecule has 3 unspecified atom stereocenters. The molecular formula is C19H30N2O4. The minimum atomic E-state index is -2.05. The minimum absolute atomic E-state index is 0.101. The Morgan fingerprint density at radius 2 is 2.12 bits per heavy atom. The maximum Gasteiger partial charge on any atom is 0.337 e. The lowest BCUT2D eigenvalue weighted by Gasteiger charge is -2.30. The van der Waals surface area contributed by atoms with E-state index in [1.807, 2.05) is 20.8 Å². The van der Waals surface area contributed by atoms with E-state index in [0.717, 1.165) is 12.3 Å². The third kappa shape index (κ3) is 5.68. The Labute approximate surface area is 149 Å². The molecule has 0 aliphatic heterocycles. The summed E-state index contributed by atoms with van der Waals surface area (Å²) >= 11 is 0. The summed E-state index contributed by atoms with van der Waals surface area (Å²) in [6.07, 6.45) is 5.51. The highest BCUT2D eigenvalue weighted by atomic mass is 16.5. The first-order chi connectivity index (χ1) is 11.7. The van der Waals surface area contributed by atoms with Crippen molar-refractivity contribution in [3.8, 4) is 5.75 Å². The van der Waals surface area contributed by atoms with Crippen molar-refractivity contribution in [3.05, 3.63) is 24.0 Å². The predicted octanol–water partition coefficient (Wildman–Crippen LogP) is 2.38. The second kappa shape index (κ2) is 8.15. The molecule has 1 heterocycles. The lowest BCUT2D eigenvalue weighted by molar-refractivity contribution is -0.161. The van der Waals surface area contributed by atoms with Crippen LogP contribution in [0.25, 0.3) is 0 Å². The number of nitrogens with zero attached hydrogens (tertiary/aromatic N) is 1. The van der Waals surface area contributed by atoms with Gasteiger partial charge in [0, 0.05) is 30.4 Å². The molecule has 4 N–H and O–H groups in total. The van der Waals surface area contributed by atoms with Crippen LogP contribution < -0.4 is 10.5 Å². The highest BCUT2D eigenvalue weighted by Gasteiger charge is 2.43. The summed E-state index contributed by atoms with van der Waals surface area (Å²) in [7, 11) is 0. The monoisotopic (exact) mass is 350 g/mol. The smallest absolute Gasteiger partial charge is 0.337 e. The summed E-state index contributed by atoms with van der Waals surface area (Å²) in [5, 5.41) is 20.2. The number of aliphatic carboxylic acids is 1. The van der Waals surface area contributed by atoms with Crippen LogP contribution in [0.1, 0.15) is 52.1 Å². The Kier molecular flexibility index (Phi) is 6.41. The van der Waals surface area contributed by atoms with Crippen molar-refractivity contribution in [2.75, 3.05) is 0 Å². The van der Waals surface area contributed by atoms with Crippen LogP contribution in [0, 0.1) is 11.8 Å². The number of hydrogen-bond donors (Lipinski definition) is 3. The summed E-state index contributed by atoms with van der Waals surface area (Å²) in [5.74, 6) is 0.272. The van der Waals surface area contributed by atoms with Gasteiger partial charge in [-0.2, -0.15) is 0 Å². The zero-order valence-electron chi connectivity index (χ0n) is 15.3. The van der Waals surface area contributed by atoms with Gasteiger partial charge >= 0.3 is 5.97 Å². The average molecular weight is 350 g/mol. The standard InChI is InChI=1S/C19H30N2O4/c1-12(2)8-17(20)19(24,18(22)23)11-15-10-16(6-7-21-15)25-13(3)9-14-4-5-14/h6-7,10,12-14,17,24H,4-5,8-9,11,20H2,1-3H3,(H,22,23). The SMILES string of the molecule is CC(C)CC(N)C(O)(Cc1cc(OC(C)CC2CC2)ccn1)C(=O)O. The molecule has 6 nitrogen and oxygen atoms in total. The molecule has 1 aromatic heterocycles. The lowest BCUT2D eigenvalue weighted by atomic mass is 9.84. The number of pyridine rings is 1. The topological polar surface area (TPSA) is 106 Å². The molecule has 0 bridgehead atoms. The second-order valence-corrected chi connectivity index (χ2v) is 7.73. The number of rotatable bonds is 10. The number of aromatic nitrogens is 1. The molecule has 1 aliphatic carbocycles. The molecule has 1 fully saturated rings. The molecule has 0 spiro atoms. The highest BCUT2D eigenvalue weighted by Crippen LogP contribution is 2.34. The molecule has 25 heavy (non-hydrogen) atoms. The number of aliphatic hydroxyl groups is 1. The van der Waals surface area contributed by atoms with Crippen LogP contribution in [0.2, 0.25) is 0 Å². The van der Waals surface area contributed by atoms with E-state index >= 15 is 0 Å². The van der Waals surface area contributed by atoms with Crippen LogP contribution in [0.15, 0.2) is 18.3 Å². The van der Waals surface area contributed by atoms with E-state index in [4.69, 9.17) is 10.5 Å². The number of ether oxygens (including phenoxy) is 1. The molecule has 0 radical (unpaired) electrons. The normalized spacial score (nSPS) is 19.3. The third-order valence-electron chi connectivity index (χ3n) is 4.65. The van der Waals surface area contributed by atoms with E-state index in [9.17, 15) is 15.0 Å². The van der Waals surface area contributed by atoms with Gasteiger partial charge in [0.2, 0.25) is 0 Å². The molecule has 3 atom stereocenters. The first kappa shape index (κ1) is 19.7. The van der Waals surface area contributed by atoms with Crippen LogP contribution in [-0.2, 0) is 11.2 Å². The van der Waals surface area contributed by atoms with Crippen LogP contribution in [0.3, 0.4) is 0 Å². The van der Waals surface area contributed by atoms with Gasteiger partial charge in [0.05, 0.1) is 6.10 Å². The number of hydrogen-bond acceptors (Lipinski definition) is 5. The van der Waals surface area contributed by atoms with Crippen molar-refractivity contribution < 1.29 is 19.7 Å². The van der Waals surface area contributed by atoms with Gasteiger partial charge in [-0.25, -0.2) is 4.79 Å². The first-order valence-corrected chi connectivity index (χ1v) is 9.03. The Morgan fingerprint density at radius 1 is 1.44 bits per heavy atom. The van der Waals surface area contributed by atoms with Crippen LogP contribution in [-0.4, -0.2) is 38.9 Å². The Balaban J connectivity index is 2.07. The van der Waals surface area contributed by atoms with Crippen LogP contribution >= 0.6 is 0 Å². The number of carbonyl (C=O) groups is 1. The predicted molar refractivity (Wildman–Crippen MR) is 95.4 cm³/mol. The number of nitrogens with two attached hydrogens (primary N) is 1. The van der Waals surface area contributed by atoms with Crippen molar-refractivity contribution in [2.24, 2.45) is 17.6 Å². The lowest BCUT2D eigenvalue weighted by Crippen LogP contribution is -2.56. The van der Waals surface area contributed by atoms with Crippen molar-refractivity contribution in [1.82, 2.24) is 4.98 Å². The number of carboxylic acids is 1. The Bertz CT molecular complexity index is 589. The molecule has 1 aliphatic rings. The van der Waals surface area contributed by atoms with Crippen LogP contribution in [0.5, 0.6) is 5.75 Å². The molecule has 6 heteroatoms. The fraction of sp³-hybridized carbons (Fsp3) is 0.684. The second-order valence-electron chi connectivity index (χ2n) is 7.73. The highest BCUT2D eigenvalue weighted by molar-refractivity contribution is 5.78. The summed E-state index contributed by atoms with van der Waals surface area (Å²) in [4.78, 5) is 15.8. The maximum absolute atomic E-state index is 11.7. The van der Waals surface area contributed by atoms with Gasteiger partial charge in [-0.1, -0.05) is 26.7 Å². The van der Waals surface area contributed by atoms with E-state index < -0.39 is 17.6 Å². The molecule has 1 saturated carbocycles. The van der Waals surface area contributed by atoms with Gasteiger partial charge in [0.25, 0.3) is 0 Å². The van der Waals surface area contributed by atoms with Crippen molar-refractivity contribution in [2.45, 2.75) is 70.6 Å². The first-order valence-electron chi connectivity index (χ1n) is 9.03. The number of carboxylic acid groups (broad SMARTS) is 1. The molecule has 0 amide bonds. The van der Waals surface area contributed by atoms with E-state index in [1.54, 1.807) is 18.3 Å². The molecule has 0 aromatic carbocycles. The minimum Gasteiger partial charge on any atom is -0.491 e.